The number of epoxide rings is 1. The van der Waals surface area contributed by atoms with E-state index in [1.807, 2.05) is 31.3 Å². The topological polar surface area (TPSA) is 98.4 Å². The van der Waals surface area contributed by atoms with Crippen molar-refractivity contribution in [2.75, 3.05) is 5.32 Å². The smallest absolute Gasteiger partial charge is 0.177 e. The number of fused-ring (bicyclic) bond motifs is 2. The van der Waals surface area contributed by atoms with Crippen molar-refractivity contribution in [1.82, 2.24) is 34.3 Å². The average Bonchev–Trinajstić information content (AvgIpc) is 3.13. The maximum absolute atomic E-state index is 14.4. The Morgan fingerprint density at radius 3 is 2.97 bits per heavy atom. The van der Waals surface area contributed by atoms with Crippen molar-refractivity contribution in [3.63, 3.8) is 0 Å². The molecular weight excluding hydrogens is 399 g/mol. The van der Waals surface area contributed by atoms with Crippen molar-refractivity contribution in [1.29, 1.82) is 0 Å². The summed E-state index contributed by atoms with van der Waals surface area (Å²) in [6.45, 7) is 2.35. The highest BCUT2D eigenvalue weighted by Gasteiger charge is 2.40. The molecule has 10 heteroatoms. The van der Waals surface area contributed by atoms with Crippen molar-refractivity contribution in [2.45, 2.75) is 25.8 Å². The Morgan fingerprint density at radius 1 is 1.13 bits per heavy atom. The fraction of sp³-hybridized carbons (Fsp3) is 0.190. The fourth-order valence-electron chi connectivity index (χ4n) is 3.59. The molecule has 154 valence electrons. The van der Waals surface area contributed by atoms with Crippen LogP contribution >= 0.6 is 0 Å². The molecule has 31 heavy (non-hydrogen) atoms. The molecule has 1 aliphatic heterocycles. The van der Waals surface area contributed by atoms with Gasteiger partial charge in [0.15, 0.2) is 17.5 Å². The molecule has 0 amide bonds. The van der Waals surface area contributed by atoms with Gasteiger partial charge in [0.25, 0.3) is 0 Å². The second-order valence-corrected chi connectivity index (χ2v) is 7.49. The number of hydrogen-bond acceptors (Lipinski definition) is 7. The molecule has 2 atom stereocenters. The molecule has 0 bridgehead atoms. The van der Waals surface area contributed by atoms with E-state index in [9.17, 15) is 4.39 Å². The summed E-state index contributed by atoms with van der Waals surface area (Å²) in [6, 6.07) is 8.88. The van der Waals surface area contributed by atoms with E-state index in [0.717, 1.165) is 16.9 Å². The lowest BCUT2D eigenvalue weighted by Gasteiger charge is -2.06. The highest BCUT2D eigenvalue weighted by atomic mass is 19.1. The van der Waals surface area contributed by atoms with Gasteiger partial charge in [-0.3, -0.25) is 0 Å². The maximum Gasteiger partial charge on any atom is 0.177 e. The number of hydrogen-bond donors (Lipinski definition) is 1. The molecule has 2 unspecified atom stereocenters. The number of pyridine rings is 1. The van der Waals surface area contributed by atoms with Crippen LogP contribution in [-0.2, 0) is 11.3 Å². The normalized spacial score (nSPS) is 18.0. The van der Waals surface area contributed by atoms with Gasteiger partial charge >= 0.3 is 0 Å². The van der Waals surface area contributed by atoms with Crippen LogP contribution in [0.1, 0.15) is 5.56 Å². The third-order valence-corrected chi connectivity index (χ3v) is 5.27. The van der Waals surface area contributed by atoms with Crippen LogP contribution in [0.4, 0.5) is 10.1 Å². The van der Waals surface area contributed by atoms with E-state index in [2.05, 4.69) is 30.5 Å². The highest BCUT2D eigenvalue weighted by molar-refractivity contribution is 5.73. The molecule has 0 spiro atoms. The predicted molar refractivity (Wildman–Crippen MR) is 111 cm³/mol. The van der Waals surface area contributed by atoms with E-state index in [1.54, 1.807) is 27.7 Å². The number of nitrogens with one attached hydrogen (secondary N) is 1. The number of ether oxygens (including phenoxy) is 1. The van der Waals surface area contributed by atoms with Crippen LogP contribution in [0.3, 0.4) is 0 Å². The second kappa shape index (κ2) is 6.81. The zero-order valence-electron chi connectivity index (χ0n) is 16.5. The zero-order chi connectivity index (χ0) is 20.9. The van der Waals surface area contributed by atoms with Gasteiger partial charge in [-0.2, -0.15) is 10.2 Å². The Labute approximate surface area is 175 Å². The summed E-state index contributed by atoms with van der Waals surface area (Å²) in [4.78, 5) is 13.2. The first-order valence-corrected chi connectivity index (χ1v) is 9.80. The summed E-state index contributed by atoms with van der Waals surface area (Å²) < 4.78 is 23.6. The molecule has 0 radical (unpaired) electrons. The van der Waals surface area contributed by atoms with E-state index in [4.69, 9.17) is 4.74 Å². The van der Waals surface area contributed by atoms with Crippen LogP contribution in [0.15, 0.2) is 55.2 Å². The minimum atomic E-state index is -0.320. The third-order valence-electron chi connectivity index (χ3n) is 5.27. The molecule has 0 aliphatic carbocycles. The molecule has 1 saturated heterocycles. The summed E-state index contributed by atoms with van der Waals surface area (Å²) in [5, 5.41) is 11.8. The van der Waals surface area contributed by atoms with Gasteiger partial charge in [0.05, 0.1) is 24.6 Å². The number of benzene rings is 1. The van der Waals surface area contributed by atoms with Gasteiger partial charge in [-0.15, -0.1) is 0 Å². The minimum Gasteiger partial charge on any atom is -0.358 e. The van der Waals surface area contributed by atoms with Gasteiger partial charge in [-0.05, 0) is 30.7 Å². The van der Waals surface area contributed by atoms with Crippen LogP contribution in [0.2, 0.25) is 0 Å². The molecule has 4 aromatic heterocycles. The first-order valence-electron chi connectivity index (χ1n) is 9.80. The third kappa shape index (κ3) is 3.26. The molecule has 5 aromatic rings. The van der Waals surface area contributed by atoms with Gasteiger partial charge in [-0.1, -0.05) is 6.07 Å². The molecule has 9 nitrogen and oxygen atoms in total. The SMILES string of the molecule is Cc1ccc(-c2cnc3cnn(CC4OC4Nc4ccn5ncnc5c4)c3n2)c(F)c1. The van der Waals surface area contributed by atoms with Crippen LogP contribution in [0.5, 0.6) is 0 Å². The summed E-state index contributed by atoms with van der Waals surface area (Å²) in [5.74, 6) is -0.320. The van der Waals surface area contributed by atoms with Gasteiger partial charge in [0.1, 0.15) is 23.8 Å². The number of aryl methyl sites for hydroxylation is 1. The first kappa shape index (κ1) is 17.9. The Hall–Kier alpha value is -3.92. The van der Waals surface area contributed by atoms with Crippen molar-refractivity contribution >= 4 is 22.5 Å². The Balaban J connectivity index is 1.21. The summed E-state index contributed by atoms with van der Waals surface area (Å²) in [6.07, 6.45) is 6.36. The molecule has 1 fully saturated rings. The Kier molecular flexibility index (Phi) is 3.93. The quantitative estimate of drug-likeness (QED) is 0.440. The van der Waals surface area contributed by atoms with Gasteiger partial charge in [0, 0.05) is 23.5 Å². The maximum atomic E-state index is 14.4. The van der Waals surface area contributed by atoms with Crippen molar-refractivity contribution in [3.8, 4) is 11.3 Å². The lowest BCUT2D eigenvalue weighted by molar-refractivity contribution is 0.358. The number of rotatable bonds is 5. The van der Waals surface area contributed by atoms with Crippen LogP contribution in [-0.4, -0.2) is 46.7 Å². The fourth-order valence-corrected chi connectivity index (χ4v) is 3.59. The molecule has 5 heterocycles. The van der Waals surface area contributed by atoms with Crippen LogP contribution in [0, 0.1) is 12.7 Å². The lowest BCUT2D eigenvalue weighted by Crippen LogP contribution is -2.13. The highest BCUT2D eigenvalue weighted by Crippen LogP contribution is 2.28. The van der Waals surface area contributed by atoms with E-state index < -0.39 is 0 Å². The molecule has 6 rings (SSSR count). The summed E-state index contributed by atoms with van der Waals surface area (Å²) >= 11 is 0. The van der Waals surface area contributed by atoms with Crippen LogP contribution in [0.25, 0.3) is 28.1 Å². The first-order chi connectivity index (χ1) is 15.1. The van der Waals surface area contributed by atoms with E-state index in [1.165, 1.54) is 12.4 Å². The van der Waals surface area contributed by atoms with Crippen LogP contribution < -0.4 is 5.32 Å². The van der Waals surface area contributed by atoms with Gasteiger partial charge in [-0.25, -0.2) is 28.5 Å². The van der Waals surface area contributed by atoms with E-state index in [-0.39, 0.29) is 18.1 Å². The number of anilines is 1. The van der Waals surface area contributed by atoms with E-state index >= 15 is 0 Å². The predicted octanol–water partition coefficient (Wildman–Crippen LogP) is 2.82. The monoisotopic (exact) mass is 416 g/mol. The summed E-state index contributed by atoms with van der Waals surface area (Å²) in [7, 11) is 0. The average molecular weight is 416 g/mol. The Morgan fingerprint density at radius 2 is 2.06 bits per heavy atom. The molecule has 1 N–H and O–H groups in total. The Bertz CT molecular complexity index is 1430. The largest absolute Gasteiger partial charge is 0.358 e. The zero-order valence-corrected chi connectivity index (χ0v) is 16.5. The molecule has 1 aliphatic rings. The van der Waals surface area contributed by atoms with Gasteiger partial charge in [0.2, 0.25) is 0 Å². The molecule has 0 saturated carbocycles. The standard InChI is InChI=1S/C21H17FN8O/c1-12-2-3-14(15(22)6-12)16-8-23-17-9-25-30(20(17)28-16)10-18-21(31-18)27-13-4-5-29-19(7-13)24-11-26-29/h2-9,11,18,21,27H,10H2,1H3. The summed E-state index contributed by atoms with van der Waals surface area (Å²) in [5.41, 5.74) is 4.64. The van der Waals surface area contributed by atoms with Crippen molar-refractivity contribution in [3.05, 3.63) is 66.6 Å². The molecular formula is C21H17FN8O. The number of halogens is 1. The number of aromatic nitrogens is 7. The number of nitrogens with zero attached hydrogens (tertiary/aromatic N) is 7. The van der Waals surface area contributed by atoms with E-state index in [0.29, 0.717) is 29.0 Å². The minimum absolute atomic E-state index is 0.0706. The lowest BCUT2D eigenvalue weighted by atomic mass is 10.1. The molecule has 1 aromatic carbocycles. The van der Waals surface area contributed by atoms with Gasteiger partial charge < -0.3 is 10.1 Å². The van der Waals surface area contributed by atoms with Crippen molar-refractivity contribution < 1.29 is 9.13 Å². The second-order valence-electron chi connectivity index (χ2n) is 7.49. The van der Waals surface area contributed by atoms with Crippen molar-refractivity contribution in [2.24, 2.45) is 0 Å².